The van der Waals surface area contributed by atoms with E-state index in [0.29, 0.717) is 0 Å². The van der Waals surface area contributed by atoms with Crippen LogP contribution >= 0.6 is 0 Å². The van der Waals surface area contributed by atoms with E-state index in [1.165, 1.54) is 10.8 Å². The highest BCUT2D eigenvalue weighted by atomic mass is 15.1. The molecule has 5 aromatic carbocycles. The van der Waals surface area contributed by atoms with E-state index in [0.717, 1.165) is 66.2 Å². The molecule has 0 radical (unpaired) electrons. The number of fused-ring (bicyclic) bond motifs is 11. The standard InChI is InChI=1S/C35H21N5/c1-2-11-22(12-3-1)39-28-18-8-5-14-24(28)30-26-16-10-20-36-32(26)31-25-15-6-9-19-29(25)40(34(31)33(30)39)35-23-13-4-7-17-27(23)37-21-38-35/h1-21H. The van der Waals surface area contributed by atoms with Crippen molar-refractivity contribution in [2.75, 3.05) is 0 Å². The molecule has 0 unspecified atom stereocenters. The first kappa shape index (κ1) is 21.4. The summed E-state index contributed by atoms with van der Waals surface area (Å²) in [6.45, 7) is 0. The van der Waals surface area contributed by atoms with Crippen molar-refractivity contribution in [2.24, 2.45) is 0 Å². The Morgan fingerprint density at radius 3 is 1.90 bits per heavy atom. The van der Waals surface area contributed by atoms with Crippen molar-refractivity contribution in [3.8, 4) is 11.5 Å². The van der Waals surface area contributed by atoms with E-state index in [4.69, 9.17) is 9.97 Å². The van der Waals surface area contributed by atoms with Crippen molar-refractivity contribution in [2.45, 2.75) is 0 Å². The summed E-state index contributed by atoms with van der Waals surface area (Å²) in [5.74, 6) is 0.859. The molecule has 4 heterocycles. The zero-order valence-corrected chi connectivity index (χ0v) is 21.4. The molecule has 0 saturated heterocycles. The fourth-order valence-corrected chi connectivity index (χ4v) is 6.48. The van der Waals surface area contributed by atoms with E-state index >= 15 is 0 Å². The Bertz CT molecular complexity index is 2430. The second kappa shape index (κ2) is 7.98. The lowest BCUT2D eigenvalue weighted by molar-refractivity contribution is 1.07. The molecule has 0 N–H and O–H groups in total. The van der Waals surface area contributed by atoms with Gasteiger partial charge >= 0.3 is 0 Å². The summed E-state index contributed by atoms with van der Waals surface area (Å²) in [5.41, 5.74) is 7.50. The Kier molecular flexibility index (Phi) is 4.27. The minimum absolute atomic E-state index is 0.859. The normalized spacial score (nSPS) is 12.0. The topological polar surface area (TPSA) is 48.5 Å². The van der Waals surface area contributed by atoms with Crippen molar-refractivity contribution >= 4 is 65.4 Å². The van der Waals surface area contributed by atoms with Gasteiger partial charge in [0.15, 0.2) is 0 Å². The molecule has 0 saturated carbocycles. The maximum atomic E-state index is 5.01. The van der Waals surface area contributed by atoms with E-state index in [-0.39, 0.29) is 0 Å². The van der Waals surface area contributed by atoms with Crippen LogP contribution in [0.3, 0.4) is 0 Å². The van der Waals surface area contributed by atoms with Crippen molar-refractivity contribution < 1.29 is 0 Å². The summed E-state index contributed by atoms with van der Waals surface area (Å²) in [5, 5.41) is 6.82. The zero-order chi connectivity index (χ0) is 26.2. The van der Waals surface area contributed by atoms with Gasteiger partial charge in [0.05, 0.1) is 33.1 Å². The third-order valence-electron chi connectivity index (χ3n) is 8.04. The minimum atomic E-state index is 0.859. The summed E-state index contributed by atoms with van der Waals surface area (Å²) in [4.78, 5) is 14.5. The average molecular weight is 512 g/mol. The van der Waals surface area contributed by atoms with Crippen molar-refractivity contribution in [3.05, 3.63) is 128 Å². The largest absolute Gasteiger partial charge is 0.307 e. The Labute approximate surface area is 228 Å². The number of hydrogen-bond acceptors (Lipinski definition) is 3. The molecule has 0 aliphatic carbocycles. The van der Waals surface area contributed by atoms with Crippen molar-refractivity contribution in [3.63, 3.8) is 0 Å². The highest BCUT2D eigenvalue weighted by molar-refractivity contribution is 6.35. The summed E-state index contributed by atoms with van der Waals surface area (Å²) >= 11 is 0. The fourth-order valence-electron chi connectivity index (χ4n) is 6.48. The van der Waals surface area contributed by atoms with Gasteiger partial charge in [0, 0.05) is 44.2 Å². The van der Waals surface area contributed by atoms with Crippen LogP contribution in [0.25, 0.3) is 76.9 Å². The summed E-state index contributed by atoms with van der Waals surface area (Å²) in [7, 11) is 0. The molecule has 0 fully saturated rings. The van der Waals surface area contributed by atoms with Crippen LogP contribution in [0.5, 0.6) is 0 Å². The number of nitrogens with zero attached hydrogens (tertiary/aromatic N) is 5. The molecule has 0 amide bonds. The smallest absolute Gasteiger partial charge is 0.149 e. The molecule has 0 bridgehead atoms. The Morgan fingerprint density at radius 1 is 0.450 bits per heavy atom. The van der Waals surface area contributed by atoms with E-state index < -0.39 is 0 Å². The molecular weight excluding hydrogens is 490 g/mol. The average Bonchev–Trinajstić information content (AvgIpc) is 3.55. The SMILES string of the molecule is c1ccc(-n2c3ccccc3c3c4cccnc4c4c5ccccc5n(-c5ncnc6ccccc56)c4c32)cc1. The zero-order valence-electron chi connectivity index (χ0n) is 21.4. The molecule has 0 atom stereocenters. The second-order valence-electron chi connectivity index (χ2n) is 10.1. The molecule has 4 aromatic heterocycles. The molecule has 5 heteroatoms. The molecular formula is C35H21N5. The van der Waals surface area contributed by atoms with E-state index in [9.17, 15) is 0 Å². The maximum absolute atomic E-state index is 5.01. The van der Waals surface area contributed by atoms with E-state index in [2.05, 4.69) is 111 Å². The number of rotatable bonds is 2. The first-order valence-corrected chi connectivity index (χ1v) is 13.4. The Hall–Kier alpha value is -5.55. The molecule has 9 aromatic rings. The quantitative estimate of drug-likeness (QED) is 0.234. The molecule has 5 nitrogen and oxygen atoms in total. The maximum Gasteiger partial charge on any atom is 0.149 e. The summed E-state index contributed by atoms with van der Waals surface area (Å²) in [6.07, 6.45) is 3.57. The number of aromatic nitrogens is 5. The number of pyridine rings is 1. The number of benzene rings is 5. The minimum Gasteiger partial charge on any atom is -0.307 e. The van der Waals surface area contributed by atoms with Gasteiger partial charge < -0.3 is 4.57 Å². The number of hydrogen-bond donors (Lipinski definition) is 0. The summed E-state index contributed by atoms with van der Waals surface area (Å²) in [6, 6.07) is 40.4. The van der Waals surface area contributed by atoms with Gasteiger partial charge in [-0.1, -0.05) is 72.8 Å². The lowest BCUT2D eigenvalue weighted by Crippen LogP contribution is -2.02. The second-order valence-corrected chi connectivity index (χ2v) is 10.1. The van der Waals surface area contributed by atoms with Gasteiger partial charge in [-0.3, -0.25) is 9.55 Å². The van der Waals surface area contributed by atoms with Gasteiger partial charge in [-0.2, -0.15) is 0 Å². The molecule has 0 aliphatic rings. The van der Waals surface area contributed by atoms with Crippen molar-refractivity contribution in [1.82, 2.24) is 24.1 Å². The number of para-hydroxylation sites is 4. The van der Waals surface area contributed by atoms with Crippen LogP contribution in [0.4, 0.5) is 0 Å². The molecule has 40 heavy (non-hydrogen) atoms. The van der Waals surface area contributed by atoms with Gasteiger partial charge in [0.1, 0.15) is 12.1 Å². The highest BCUT2D eigenvalue weighted by Crippen LogP contribution is 2.46. The summed E-state index contributed by atoms with van der Waals surface area (Å²) < 4.78 is 4.72. The lowest BCUT2D eigenvalue weighted by Gasteiger charge is -2.14. The molecule has 186 valence electrons. The monoisotopic (exact) mass is 511 g/mol. The lowest BCUT2D eigenvalue weighted by atomic mass is 10.0. The molecule has 0 spiro atoms. The Balaban J connectivity index is 1.67. The van der Waals surface area contributed by atoms with Crippen LogP contribution < -0.4 is 0 Å². The predicted octanol–water partition coefficient (Wildman–Crippen LogP) is 8.37. The molecule has 0 aliphatic heterocycles. The third-order valence-corrected chi connectivity index (χ3v) is 8.04. The van der Waals surface area contributed by atoms with Gasteiger partial charge in [-0.05, 0) is 42.5 Å². The van der Waals surface area contributed by atoms with E-state index in [1.807, 2.05) is 24.4 Å². The van der Waals surface area contributed by atoms with Crippen molar-refractivity contribution in [1.29, 1.82) is 0 Å². The van der Waals surface area contributed by atoms with Crippen LogP contribution in [0, 0.1) is 0 Å². The first-order valence-electron chi connectivity index (χ1n) is 13.4. The van der Waals surface area contributed by atoms with Gasteiger partial charge in [0.2, 0.25) is 0 Å². The fraction of sp³-hybridized carbons (Fsp3) is 0. The predicted molar refractivity (Wildman–Crippen MR) is 164 cm³/mol. The van der Waals surface area contributed by atoms with Crippen LogP contribution in [-0.2, 0) is 0 Å². The Morgan fingerprint density at radius 2 is 1.07 bits per heavy atom. The van der Waals surface area contributed by atoms with Gasteiger partial charge in [0.25, 0.3) is 0 Å². The molecule has 9 rings (SSSR count). The van der Waals surface area contributed by atoms with Crippen LogP contribution in [0.15, 0.2) is 128 Å². The van der Waals surface area contributed by atoms with Crippen LogP contribution in [0.2, 0.25) is 0 Å². The van der Waals surface area contributed by atoms with Crippen LogP contribution in [0.1, 0.15) is 0 Å². The van der Waals surface area contributed by atoms with Gasteiger partial charge in [-0.25, -0.2) is 9.97 Å². The first-order chi connectivity index (χ1) is 19.9. The third kappa shape index (κ3) is 2.73. The van der Waals surface area contributed by atoms with E-state index in [1.54, 1.807) is 6.33 Å². The van der Waals surface area contributed by atoms with Gasteiger partial charge in [-0.15, -0.1) is 0 Å². The highest BCUT2D eigenvalue weighted by Gasteiger charge is 2.25. The van der Waals surface area contributed by atoms with Crippen LogP contribution in [-0.4, -0.2) is 24.1 Å².